The van der Waals surface area contributed by atoms with Crippen LogP contribution in [0.15, 0.2) is 36.4 Å². The zero-order valence-corrected chi connectivity index (χ0v) is 9.49. The van der Waals surface area contributed by atoms with E-state index >= 15 is 0 Å². The van der Waals surface area contributed by atoms with E-state index in [0.29, 0.717) is 5.39 Å². The molecule has 0 aliphatic carbocycles. The molecular weight excluding hydrogens is 244 g/mol. The minimum atomic E-state index is -5.07. The van der Waals surface area contributed by atoms with E-state index in [1.165, 1.54) is 37.4 Å². The minimum absolute atomic E-state index is 0.0950. The molecule has 0 atom stereocenters. The van der Waals surface area contributed by atoms with Crippen LogP contribution in [0.25, 0.3) is 10.8 Å². The molecule has 0 bridgehead atoms. The molecule has 2 aromatic rings. The number of esters is 1. The number of rotatable bonds is 2. The fourth-order valence-corrected chi connectivity index (χ4v) is 1.84. The number of ether oxygens (including phenoxy) is 1. The van der Waals surface area contributed by atoms with Gasteiger partial charge in [-0.15, -0.1) is 5.46 Å². The molecule has 94 valence electrons. The molecule has 0 aliphatic rings. The number of hydrogen-bond donors (Lipinski definition) is 0. The number of carbonyl (C=O) groups excluding carboxylic acids is 1. The van der Waals surface area contributed by atoms with Gasteiger partial charge >= 0.3 is 12.9 Å². The SMILES string of the molecule is COC(=O)c1ccc2c([B-](F)(F)F)cccc2c1. The van der Waals surface area contributed by atoms with Gasteiger partial charge in [-0.25, -0.2) is 4.79 Å². The zero-order valence-electron chi connectivity index (χ0n) is 9.49. The van der Waals surface area contributed by atoms with Gasteiger partial charge in [0.2, 0.25) is 0 Å². The fraction of sp³-hybridized carbons (Fsp3) is 0.0833. The Morgan fingerprint density at radius 1 is 1.17 bits per heavy atom. The number of halogens is 3. The summed E-state index contributed by atoms with van der Waals surface area (Å²) in [5.74, 6) is -0.570. The molecule has 0 heterocycles. The average Bonchev–Trinajstić information content (AvgIpc) is 2.35. The van der Waals surface area contributed by atoms with Crippen molar-refractivity contribution in [1.82, 2.24) is 0 Å². The van der Waals surface area contributed by atoms with Crippen LogP contribution < -0.4 is 5.46 Å². The van der Waals surface area contributed by atoms with Crippen molar-refractivity contribution < 1.29 is 22.5 Å². The van der Waals surface area contributed by atoms with Crippen LogP contribution in [0.5, 0.6) is 0 Å². The van der Waals surface area contributed by atoms with Crippen LogP contribution in [-0.4, -0.2) is 20.1 Å². The topological polar surface area (TPSA) is 26.3 Å². The van der Waals surface area contributed by atoms with Crippen molar-refractivity contribution >= 4 is 29.2 Å². The van der Waals surface area contributed by atoms with Crippen LogP contribution in [0.4, 0.5) is 12.9 Å². The lowest BCUT2D eigenvalue weighted by atomic mass is 9.77. The summed E-state index contributed by atoms with van der Waals surface area (Å²) in [5.41, 5.74) is -0.416. The Balaban J connectivity index is 2.64. The lowest BCUT2D eigenvalue weighted by Crippen LogP contribution is -2.34. The van der Waals surface area contributed by atoms with Gasteiger partial charge in [-0.05, 0) is 22.9 Å². The molecule has 0 saturated heterocycles. The van der Waals surface area contributed by atoms with Gasteiger partial charge in [0, 0.05) is 0 Å². The first-order valence-corrected chi connectivity index (χ1v) is 5.24. The van der Waals surface area contributed by atoms with Crippen molar-refractivity contribution in [2.45, 2.75) is 0 Å². The number of hydrogen-bond acceptors (Lipinski definition) is 2. The van der Waals surface area contributed by atoms with Crippen LogP contribution in [0.3, 0.4) is 0 Å². The Bertz CT molecular complexity index is 608. The zero-order chi connectivity index (χ0) is 13.3. The quantitative estimate of drug-likeness (QED) is 0.607. The Kier molecular flexibility index (Phi) is 3.03. The van der Waals surface area contributed by atoms with Crippen molar-refractivity contribution in [1.29, 1.82) is 0 Å². The molecule has 2 rings (SSSR count). The normalized spacial score (nSPS) is 11.6. The highest BCUT2D eigenvalue weighted by Gasteiger charge is 2.27. The summed E-state index contributed by atoms with van der Waals surface area (Å²) >= 11 is 0. The second-order valence-electron chi connectivity index (χ2n) is 3.85. The maximum atomic E-state index is 12.8. The Labute approximate surface area is 101 Å². The highest BCUT2D eigenvalue weighted by atomic mass is 19.4. The van der Waals surface area contributed by atoms with Crippen molar-refractivity contribution in [2.75, 3.05) is 7.11 Å². The lowest BCUT2D eigenvalue weighted by molar-refractivity contribution is 0.0601. The monoisotopic (exact) mass is 253 g/mol. The molecule has 18 heavy (non-hydrogen) atoms. The lowest BCUT2D eigenvalue weighted by Gasteiger charge is -2.17. The maximum absolute atomic E-state index is 12.8. The fourth-order valence-electron chi connectivity index (χ4n) is 1.84. The van der Waals surface area contributed by atoms with E-state index in [4.69, 9.17) is 0 Å². The van der Waals surface area contributed by atoms with E-state index in [9.17, 15) is 17.7 Å². The van der Waals surface area contributed by atoms with Gasteiger partial charge in [-0.2, -0.15) is 0 Å². The van der Waals surface area contributed by atoms with Crippen molar-refractivity contribution in [3.8, 4) is 0 Å². The average molecular weight is 253 g/mol. The summed E-state index contributed by atoms with van der Waals surface area (Å²) < 4.78 is 43.0. The number of carbonyl (C=O) groups is 1. The Hall–Kier alpha value is -1.98. The van der Waals surface area contributed by atoms with Crippen LogP contribution in [0.1, 0.15) is 10.4 Å². The molecule has 0 unspecified atom stereocenters. The van der Waals surface area contributed by atoms with Crippen molar-refractivity contribution in [2.24, 2.45) is 0 Å². The third kappa shape index (κ3) is 2.18. The van der Waals surface area contributed by atoms with Crippen LogP contribution >= 0.6 is 0 Å². The predicted octanol–water partition coefficient (Wildman–Crippen LogP) is 2.68. The summed E-state index contributed by atoms with van der Waals surface area (Å²) in [5, 5.41) is 0.465. The third-order valence-corrected chi connectivity index (χ3v) is 2.69. The molecule has 6 heteroatoms. The summed E-state index contributed by atoms with van der Waals surface area (Å²) in [6.07, 6.45) is 0. The molecular formula is C12H9BF3O2-. The summed E-state index contributed by atoms with van der Waals surface area (Å²) in [7, 11) is 1.22. The van der Waals surface area contributed by atoms with Gasteiger partial charge in [0.05, 0.1) is 12.7 Å². The molecule has 0 aromatic heterocycles. The molecule has 0 fully saturated rings. The largest absolute Gasteiger partial charge is 0.510 e. The van der Waals surface area contributed by atoms with Crippen molar-refractivity contribution in [3.63, 3.8) is 0 Å². The van der Waals surface area contributed by atoms with Crippen LogP contribution in [-0.2, 0) is 4.74 Å². The Morgan fingerprint density at radius 2 is 1.89 bits per heavy atom. The summed E-state index contributed by atoms with van der Waals surface area (Å²) in [4.78, 5) is 11.3. The van der Waals surface area contributed by atoms with Gasteiger partial charge in [0.25, 0.3) is 0 Å². The first-order valence-electron chi connectivity index (χ1n) is 5.24. The molecule has 0 N–H and O–H groups in total. The number of benzene rings is 2. The van der Waals surface area contributed by atoms with Gasteiger partial charge < -0.3 is 17.7 Å². The van der Waals surface area contributed by atoms with E-state index in [1.54, 1.807) is 0 Å². The molecule has 0 aliphatic heterocycles. The highest BCUT2D eigenvalue weighted by Crippen LogP contribution is 2.20. The van der Waals surface area contributed by atoms with Crippen LogP contribution in [0.2, 0.25) is 0 Å². The first-order chi connectivity index (χ1) is 8.43. The van der Waals surface area contributed by atoms with E-state index in [-0.39, 0.29) is 10.9 Å². The summed E-state index contributed by atoms with van der Waals surface area (Å²) in [6, 6.07) is 7.93. The second kappa shape index (κ2) is 4.36. The van der Waals surface area contributed by atoms with Gasteiger partial charge in [-0.1, -0.05) is 24.3 Å². The first kappa shape index (κ1) is 12.5. The second-order valence-corrected chi connectivity index (χ2v) is 3.85. The molecule has 2 aromatic carbocycles. The Morgan fingerprint density at radius 3 is 2.50 bits per heavy atom. The molecule has 0 saturated carbocycles. The standard InChI is InChI=1S/C12H9BF3O2/c1-18-12(17)9-5-6-10-8(7-9)3-2-4-11(10)13(14,15)16/h2-7H,1H3/q-1. The van der Waals surface area contributed by atoms with E-state index in [1.807, 2.05) is 0 Å². The molecule has 2 nitrogen and oxygen atoms in total. The number of fused-ring (bicyclic) bond motifs is 1. The molecule has 0 amide bonds. The maximum Gasteiger partial charge on any atom is 0.510 e. The van der Waals surface area contributed by atoms with Gasteiger partial charge in [0.15, 0.2) is 0 Å². The molecule has 0 spiro atoms. The van der Waals surface area contributed by atoms with Gasteiger partial charge in [-0.3, -0.25) is 0 Å². The van der Waals surface area contributed by atoms with Crippen LogP contribution in [0, 0.1) is 0 Å². The highest BCUT2D eigenvalue weighted by molar-refractivity contribution is 6.76. The minimum Gasteiger partial charge on any atom is -0.465 e. The van der Waals surface area contributed by atoms with E-state index in [2.05, 4.69) is 4.74 Å². The number of methoxy groups -OCH3 is 1. The van der Waals surface area contributed by atoms with E-state index < -0.39 is 18.4 Å². The molecule has 0 radical (unpaired) electrons. The van der Waals surface area contributed by atoms with Crippen molar-refractivity contribution in [3.05, 3.63) is 42.0 Å². The van der Waals surface area contributed by atoms with Gasteiger partial charge in [0.1, 0.15) is 0 Å². The smallest absolute Gasteiger partial charge is 0.465 e. The predicted molar refractivity (Wildman–Crippen MR) is 64.0 cm³/mol. The summed E-state index contributed by atoms with van der Waals surface area (Å²) in [6.45, 7) is -5.07. The third-order valence-electron chi connectivity index (χ3n) is 2.69. The van der Waals surface area contributed by atoms with E-state index in [0.717, 1.165) is 6.07 Å².